The first-order valence-corrected chi connectivity index (χ1v) is 8.35. The van der Waals surface area contributed by atoms with Crippen molar-refractivity contribution in [2.75, 3.05) is 18.9 Å². The molecule has 6 heteroatoms. The van der Waals surface area contributed by atoms with E-state index >= 15 is 0 Å². The zero-order valence-electron chi connectivity index (χ0n) is 14.0. The van der Waals surface area contributed by atoms with Gasteiger partial charge in [-0.15, -0.1) is 0 Å². The topological polar surface area (TPSA) is 49.4 Å². The fraction of sp³-hybridized carbons (Fsp3) is 0.263. The minimum absolute atomic E-state index is 0.0445. The summed E-state index contributed by atoms with van der Waals surface area (Å²) in [6.45, 7) is -0.0445. The van der Waals surface area contributed by atoms with Crippen molar-refractivity contribution in [1.29, 1.82) is 0 Å². The summed E-state index contributed by atoms with van der Waals surface area (Å²) in [6.07, 6.45) is 1.84. The van der Waals surface area contributed by atoms with Crippen LogP contribution in [0.4, 0.5) is 10.1 Å². The van der Waals surface area contributed by atoms with Gasteiger partial charge in [0.1, 0.15) is 5.82 Å². The third-order valence-electron chi connectivity index (χ3n) is 3.70. The van der Waals surface area contributed by atoms with Crippen LogP contribution in [0.15, 0.2) is 48.5 Å². The van der Waals surface area contributed by atoms with Gasteiger partial charge in [0.2, 0.25) is 11.8 Å². The summed E-state index contributed by atoms with van der Waals surface area (Å²) in [5.74, 6) is -0.783. The molecule has 0 saturated carbocycles. The van der Waals surface area contributed by atoms with Crippen molar-refractivity contribution in [3.63, 3.8) is 0 Å². The molecule has 0 atom stereocenters. The van der Waals surface area contributed by atoms with E-state index in [4.69, 9.17) is 11.6 Å². The maximum absolute atomic E-state index is 12.8. The highest BCUT2D eigenvalue weighted by Gasteiger charge is 2.13. The van der Waals surface area contributed by atoms with Crippen LogP contribution < -0.4 is 5.32 Å². The predicted molar refractivity (Wildman–Crippen MR) is 97.1 cm³/mol. The lowest BCUT2D eigenvalue weighted by molar-refractivity contribution is -0.133. The molecule has 0 unspecified atom stereocenters. The van der Waals surface area contributed by atoms with E-state index in [1.54, 1.807) is 7.05 Å². The van der Waals surface area contributed by atoms with Crippen LogP contribution in [0.25, 0.3) is 0 Å². The van der Waals surface area contributed by atoms with Gasteiger partial charge in [0.05, 0.1) is 6.54 Å². The van der Waals surface area contributed by atoms with Gasteiger partial charge in [-0.3, -0.25) is 9.59 Å². The number of carbonyl (C=O) groups excluding carboxylic acids is 2. The molecule has 4 nitrogen and oxygen atoms in total. The molecule has 0 aliphatic heterocycles. The van der Waals surface area contributed by atoms with E-state index < -0.39 is 0 Å². The molecule has 2 rings (SSSR count). The maximum atomic E-state index is 12.8. The highest BCUT2D eigenvalue weighted by molar-refractivity contribution is 6.30. The Morgan fingerprint density at radius 3 is 2.36 bits per heavy atom. The van der Waals surface area contributed by atoms with Gasteiger partial charge >= 0.3 is 0 Å². The number of hydrogen-bond donors (Lipinski definition) is 1. The van der Waals surface area contributed by atoms with Crippen molar-refractivity contribution in [2.45, 2.75) is 19.3 Å². The highest BCUT2D eigenvalue weighted by Crippen LogP contribution is 2.12. The van der Waals surface area contributed by atoms with E-state index in [0.29, 0.717) is 23.6 Å². The van der Waals surface area contributed by atoms with Crippen LogP contribution >= 0.6 is 11.6 Å². The van der Waals surface area contributed by atoms with Gasteiger partial charge in [-0.05, 0) is 54.8 Å². The Balaban J connectivity index is 1.72. The molecular weight excluding hydrogens is 343 g/mol. The lowest BCUT2D eigenvalue weighted by Crippen LogP contribution is -2.34. The minimum Gasteiger partial charge on any atom is -0.336 e. The zero-order valence-corrected chi connectivity index (χ0v) is 14.7. The first kappa shape index (κ1) is 18.9. The number of halogens is 2. The molecule has 0 bridgehead atoms. The molecule has 0 aliphatic rings. The van der Waals surface area contributed by atoms with E-state index in [0.717, 1.165) is 12.0 Å². The van der Waals surface area contributed by atoms with Crippen molar-refractivity contribution in [1.82, 2.24) is 4.90 Å². The standard InChI is InChI=1S/C19H20ClFN2O2/c1-23(13-18(24)22-17-11-9-16(21)10-12-17)19(25)4-2-3-14-5-7-15(20)8-6-14/h5-12H,2-4,13H2,1H3,(H,22,24). The Kier molecular flexibility index (Phi) is 6.95. The first-order chi connectivity index (χ1) is 11.9. The number of benzene rings is 2. The number of hydrogen-bond acceptors (Lipinski definition) is 2. The van der Waals surface area contributed by atoms with Gasteiger partial charge in [0.25, 0.3) is 0 Å². The predicted octanol–water partition coefficient (Wildman–Crippen LogP) is 3.90. The normalized spacial score (nSPS) is 10.4. The molecule has 132 valence electrons. The Bertz CT molecular complexity index is 717. The van der Waals surface area contributed by atoms with Crippen LogP contribution in [-0.4, -0.2) is 30.3 Å². The Hall–Kier alpha value is -2.40. The van der Waals surface area contributed by atoms with E-state index in [9.17, 15) is 14.0 Å². The third-order valence-corrected chi connectivity index (χ3v) is 3.96. The second-order valence-corrected chi connectivity index (χ2v) is 6.22. The summed E-state index contributed by atoms with van der Waals surface area (Å²) in [6, 6.07) is 13.0. The summed E-state index contributed by atoms with van der Waals surface area (Å²) in [4.78, 5) is 25.4. The summed E-state index contributed by atoms with van der Waals surface area (Å²) in [5.41, 5.74) is 1.61. The molecular formula is C19H20ClFN2O2. The van der Waals surface area contributed by atoms with Crippen molar-refractivity contribution in [2.24, 2.45) is 0 Å². The van der Waals surface area contributed by atoms with Crippen LogP contribution in [0.2, 0.25) is 5.02 Å². The number of aryl methyl sites for hydroxylation is 1. The van der Waals surface area contributed by atoms with E-state index in [1.165, 1.54) is 29.2 Å². The van der Waals surface area contributed by atoms with Gasteiger partial charge in [-0.2, -0.15) is 0 Å². The lowest BCUT2D eigenvalue weighted by atomic mass is 10.1. The summed E-state index contributed by atoms with van der Waals surface area (Å²) < 4.78 is 12.8. The fourth-order valence-corrected chi connectivity index (χ4v) is 2.45. The van der Waals surface area contributed by atoms with Crippen molar-refractivity contribution in [3.05, 3.63) is 64.9 Å². The molecule has 25 heavy (non-hydrogen) atoms. The van der Waals surface area contributed by atoms with E-state index in [2.05, 4.69) is 5.32 Å². The van der Waals surface area contributed by atoms with Crippen LogP contribution in [0.1, 0.15) is 18.4 Å². The molecule has 1 N–H and O–H groups in total. The van der Waals surface area contributed by atoms with Crippen LogP contribution in [-0.2, 0) is 16.0 Å². The molecule has 0 spiro atoms. The fourth-order valence-electron chi connectivity index (χ4n) is 2.32. The Labute approximate surface area is 151 Å². The van der Waals surface area contributed by atoms with Crippen LogP contribution in [0.3, 0.4) is 0 Å². The quantitative estimate of drug-likeness (QED) is 0.812. The molecule has 0 aromatic heterocycles. The Morgan fingerprint density at radius 1 is 1.08 bits per heavy atom. The van der Waals surface area contributed by atoms with Crippen molar-refractivity contribution < 1.29 is 14.0 Å². The van der Waals surface area contributed by atoms with Crippen molar-refractivity contribution >= 4 is 29.1 Å². The molecule has 0 aliphatic carbocycles. The van der Waals surface area contributed by atoms with Gasteiger partial charge < -0.3 is 10.2 Å². The second kappa shape index (κ2) is 9.18. The first-order valence-electron chi connectivity index (χ1n) is 7.98. The number of anilines is 1. The van der Waals surface area contributed by atoms with Gasteiger partial charge in [0.15, 0.2) is 0 Å². The molecule has 0 saturated heterocycles. The SMILES string of the molecule is CN(CC(=O)Nc1ccc(F)cc1)C(=O)CCCc1ccc(Cl)cc1. The molecule has 2 aromatic rings. The molecule has 2 aromatic carbocycles. The average Bonchev–Trinajstić information content (AvgIpc) is 2.58. The van der Waals surface area contributed by atoms with E-state index in [1.807, 2.05) is 24.3 Å². The average molecular weight is 363 g/mol. The molecule has 0 radical (unpaired) electrons. The number of nitrogens with zero attached hydrogens (tertiary/aromatic N) is 1. The minimum atomic E-state index is -0.369. The van der Waals surface area contributed by atoms with Crippen molar-refractivity contribution in [3.8, 4) is 0 Å². The number of rotatable bonds is 7. The number of nitrogens with one attached hydrogen (secondary N) is 1. The summed E-state index contributed by atoms with van der Waals surface area (Å²) in [7, 11) is 1.59. The van der Waals surface area contributed by atoms with Gasteiger partial charge in [-0.1, -0.05) is 23.7 Å². The largest absolute Gasteiger partial charge is 0.336 e. The van der Waals surface area contributed by atoms with Gasteiger partial charge in [-0.25, -0.2) is 4.39 Å². The zero-order chi connectivity index (χ0) is 18.2. The number of carbonyl (C=O) groups is 2. The monoisotopic (exact) mass is 362 g/mol. The second-order valence-electron chi connectivity index (χ2n) is 5.78. The smallest absolute Gasteiger partial charge is 0.243 e. The van der Waals surface area contributed by atoms with Crippen LogP contribution in [0.5, 0.6) is 0 Å². The van der Waals surface area contributed by atoms with Gasteiger partial charge in [0, 0.05) is 24.2 Å². The summed E-state index contributed by atoms with van der Waals surface area (Å²) >= 11 is 5.83. The molecule has 2 amide bonds. The Morgan fingerprint density at radius 2 is 1.72 bits per heavy atom. The van der Waals surface area contributed by atoms with Crippen LogP contribution in [0, 0.1) is 5.82 Å². The lowest BCUT2D eigenvalue weighted by Gasteiger charge is -2.17. The number of likely N-dealkylation sites (N-methyl/N-ethyl adjacent to an activating group) is 1. The maximum Gasteiger partial charge on any atom is 0.243 e. The third kappa shape index (κ3) is 6.55. The molecule has 0 fully saturated rings. The summed E-state index contributed by atoms with van der Waals surface area (Å²) in [5, 5.41) is 3.32. The number of amides is 2. The highest BCUT2D eigenvalue weighted by atomic mass is 35.5. The van der Waals surface area contributed by atoms with E-state index in [-0.39, 0.29) is 24.2 Å². The molecule has 0 heterocycles.